The van der Waals surface area contributed by atoms with Crippen molar-refractivity contribution >= 4 is 17.2 Å². The number of nitrogens with zero attached hydrogens (tertiary/aromatic N) is 1. The second-order valence-corrected chi connectivity index (χ2v) is 5.13. The van der Waals surface area contributed by atoms with Crippen LogP contribution in [0.1, 0.15) is 21.5 Å². The number of likely N-dealkylation sites (N-methyl/N-ethyl adjacent to an activating group) is 1. The standard InChI is InChI=1S/C13H16N2O2S/c1-15(2)10(11-5-3-7-17-11)9-14-13(16)12-6-4-8-18-12/h3-8,10H,9H2,1-2H3,(H,14,16)/t10-/m0/s1. The molecule has 0 spiro atoms. The largest absolute Gasteiger partial charge is 0.468 e. The van der Waals surface area contributed by atoms with E-state index >= 15 is 0 Å². The lowest BCUT2D eigenvalue weighted by Gasteiger charge is -2.22. The summed E-state index contributed by atoms with van der Waals surface area (Å²) < 4.78 is 5.39. The molecule has 0 unspecified atom stereocenters. The Hall–Kier alpha value is -1.59. The fourth-order valence-corrected chi connectivity index (χ4v) is 2.34. The van der Waals surface area contributed by atoms with Gasteiger partial charge in [-0.3, -0.25) is 9.69 Å². The number of thiophene rings is 1. The van der Waals surface area contributed by atoms with Crippen LogP contribution in [0.4, 0.5) is 0 Å². The normalized spacial score (nSPS) is 12.6. The van der Waals surface area contributed by atoms with Crippen molar-refractivity contribution in [2.75, 3.05) is 20.6 Å². The van der Waals surface area contributed by atoms with Crippen molar-refractivity contribution < 1.29 is 9.21 Å². The minimum atomic E-state index is -0.0385. The summed E-state index contributed by atoms with van der Waals surface area (Å²) in [6, 6.07) is 7.51. The number of nitrogens with one attached hydrogen (secondary N) is 1. The summed E-state index contributed by atoms with van der Waals surface area (Å²) in [5.41, 5.74) is 0. The van der Waals surface area contributed by atoms with E-state index in [2.05, 4.69) is 5.32 Å². The molecule has 1 N–H and O–H groups in total. The maximum atomic E-state index is 11.9. The Labute approximate surface area is 110 Å². The fourth-order valence-electron chi connectivity index (χ4n) is 1.70. The Balaban J connectivity index is 1.97. The third-order valence-electron chi connectivity index (χ3n) is 2.70. The van der Waals surface area contributed by atoms with Crippen LogP contribution < -0.4 is 5.32 Å². The molecular formula is C13H16N2O2S. The molecule has 18 heavy (non-hydrogen) atoms. The van der Waals surface area contributed by atoms with E-state index in [0.29, 0.717) is 6.54 Å². The maximum Gasteiger partial charge on any atom is 0.261 e. The van der Waals surface area contributed by atoms with Gasteiger partial charge in [0.05, 0.1) is 17.2 Å². The first kappa shape index (κ1) is 12.9. The van der Waals surface area contributed by atoms with Gasteiger partial charge in [0.2, 0.25) is 0 Å². The first-order chi connectivity index (χ1) is 8.68. The lowest BCUT2D eigenvalue weighted by atomic mass is 10.2. The van der Waals surface area contributed by atoms with E-state index in [4.69, 9.17) is 4.42 Å². The van der Waals surface area contributed by atoms with Gasteiger partial charge < -0.3 is 9.73 Å². The van der Waals surface area contributed by atoms with E-state index in [1.54, 1.807) is 6.26 Å². The summed E-state index contributed by atoms with van der Waals surface area (Å²) in [5, 5.41) is 4.82. The van der Waals surface area contributed by atoms with E-state index in [1.165, 1.54) is 11.3 Å². The van der Waals surface area contributed by atoms with Crippen LogP contribution >= 0.6 is 11.3 Å². The molecule has 2 heterocycles. The molecule has 0 aliphatic heterocycles. The van der Waals surface area contributed by atoms with Gasteiger partial charge in [-0.25, -0.2) is 0 Å². The lowest BCUT2D eigenvalue weighted by Crippen LogP contribution is -2.34. The van der Waals surface area contributed by atoms with Gasteiger partial charge in [0, 0.05) is 6.54 Å². The Morgan fingerprint density at radius 1 is 1.44 bits per heavy atom. The summed E-state index contributed by atoms with van der Waals surface area (Å²) in [5.74, 6) is 0.815. The molecule has 0 saturated carbocycles. The summed E-state index contributed by atoms with van der Waals surface area (Å²) in [6.07, 6.45) is 1.65. The topological polar surface area (TPSA) is 45.5 Å². The predicted molar refractivity (Wildman–Crippen MR) is 71.8 cm³/mol. The molecular weight excluding hydrogens is 248 g/mol. The monoisotopic (exact) mass is 264 g/mol. The summed E-state index contributed by atoms with van der Waals surface area (Å²) in [4.78, 5) is 14.6. The quantitative estimate of drug-likeness (QED) is 0.901. The SMILES string of the molecule is CN(C)[C@@H](CNC(=O)c1cccs1)c1ccco1. The van der Waals surface area contributed by atoms with Crippen molar-refractivity contribution in [3.8, 4) is 0 Å². The average molecular weight is 264 g/mol. The number of rotatable bonds is 5. The van der Waals surface area contributed by atoms with E-state index in [-0.39, 0.29) is 11.9 Å². The second-order valence-electron chi connectivity index (χ2n) is 4.18. The van der Waals surface area contributed by atoms with E-state index in [1.807, 2.05) is 48.6 Å². The molecule has 1 amide bonds. The first-order valence-electron chi connectivity index (χ1n) is 5.70. The minimum Gasteiger partial charge on any atom is -0.468 e. The number of hydrogen-bond acceptors (Lipinski definition) is 4. The lowest BCUT2D eigenvalue weighted by molar-refractivity contribution is 0.0943. The molecule has 4 nitrogen and oxygen atoms in total. The van der Waals surface area contributed by atoms with E-state index < -0.39 is 0 Å². The van der Waals surface area contributed by atoms with Crippen LogP contribution in [0.25, 0.3) is 0 Å². The highest BCUT2D eigenvalue weighted by Gasteiger charge is 2.18. The van der Waals surface area contributed by atoms with Gasteiger partial charge in [-0.05, 0) is 37.7 Å². The van der Waals surface area contributed by atoms with Gasteiger partial charge in [0.1, 0.15) is 5.76 Å². The zero-order valence-electron chi connectivity index (χ0n) is 10.4. The van der Waals surface area contributed by atoms with E-state index in [9.17, 15) is 4.79 Å². The molecule has 96 valence electrons. The Bertz CT molecular complexity index is 477. The number of hydrogen-bond donors (Lipinski definition) is 1. The summed E-state index contributed by atoms with van der Waals surface area (Å²) >= 11 is 1.44. The Morgan fingerprint density at radius 3 is 2.83 bits per heavy atom. The zero-order valence-corrected chi connectivity index (χ0v) is 11.2. The molecule has 0 aliphatic rings. The van der Waals surface area contributed by atoms with Crippen LogP contribution in [0, 0.1) is 0 Å². The first-order valence-corrected chi connectivity index (χ1v) is 6.58. The number of carbonyl (C=O) groups excluding carboxylic acids is 1. The van der Waals surface area contributed by atoms with Crippen molar-refractivity contribution in [2.24, 2.45) is 0 Å². The zero-order chi connectivity index (χ0) is 13.0. The molecule has 0 fully saturated rings. The summed E-state index contributed by atoms with van der Waals surface area (Å²) in [7, 11) is 3.93. The highest BCUT2D eigenvalue weighted by Crippen LogP contribution is 2.18. The predicted octanol–water partition coefficient (Wildman–Crippen LogP) is 2.37. The van der Waals surface area contributed by atoms with Crippen molar-refractivity contribution in [3.63, 3.8) is 0 Å². The van der Waals surface area contributed by atoms with Crippen LogP contribution in [0.2, 0.25) is 0 Å². The smallest absolute Gasteiger partial charge is 0.261 e. The van der Waals surface area contributed by atoms with Crippen LogP contribution in [-0.4, -0.2) is 31.4 Å². The average Bonchev–Trinajstić information content (AvgIpc) is 3.01. The fraction of sp³-hybridized carbons (Fsp3) is 0.308. The van der Waals surface area contributed by atoms with Crippen molar-refractivity contribution in [2.45, 2.75) is 6.04 Å². The highest BCUT2D eigenvalue weighted by molar-refractivity contribution is 7.12. The van der Waals surface area contributed by atoms with Gasteiger partial charge in [0.25, 0.3) is 5.91 Å². The molecule has 0 saturated heterocycles. The molecule has 0 radical (unpaired) electrons. The molecule has 5 heteroatoms. The Kier molecular flexibility index (Phi) is 4.17. The van der Waals surface area contributed by atoms with Crippen LogP contribution in [0.3, 0.4) is 0 Å². The van der Waals surface area contributed by atoms with Gasteiger partial charge in [-0.15, -0.1) is 11.3 Å². The number of furan rings is 1. The number of carbonyl (C=O) groups is 1. The summed E-state index contributed by atoms with van der Waals surface area (Å²) in [6.45, 7) is 0.525. The molecule has 2 aromatic rings. The van der Waals surface area contributed by atoms with Gasteiger partial charge in [-0.2, -0.15) is 0 Å². The molecule has 1 atom stereocenters. The third-order valence-corrected chi connectivity index (χ3v) is 3.56. The Morgan fingerprint density at radius 2 is 2.28 bits per heavy atom. The van der Waals surface area contributed by atoms with Crippen molar-refractivity contribution in [1.82, 2.24) is 10.2 Å². The van der Waals surface area contributed by atoms with Crippen LogP contribution in [0.15, 0.2) is 40.3 Å². The third kappa shape index (κ3) is 3.00. The molecule has 2 aromatic heterocycles. The van der Waals surface area contributed by atoms with Gasteiger partial charge >= 0.3 is 0 Å². The maximum absolute atomic E-state index is 11.9. The van der Waals surface area contributed by atoms with Crippen molar-refractivity contribution in [3.05, 3.63) is 46.5 Å². The van der Waals surface area contributed by atoms with Crippen LogP contribution in [-0.2, 0) is 0 Å². The molecule has 0 bridgehead atoms. The van der Waals surface area contributed by atoms with E-state index in [0.717, 1.165) is 10.6 Å². The molecule has 0 aliphatic carbocycles. The number of amides is 1. The second kappa shape index (κ2) is 5.84. The van der Waals surface area contributed by atoms with Crippen LogP contribution in [0.5, 0.6) is 0 Å². The van der Waals surface area contributed by atoms with Gasteiger partial charge in [0.15, 0.2) is 0 Å². The van der Waals surface area contributed by atoms with Crippen molar-refractivity contribution in [1.29, 1.82) is 0 Å². The van der Waals surface area contributed by atoms with Gasteiger partial charge in [-0.1, -0.05) is 6.07 Å². The molecule has 2 rings (SSSR count). The highest BCUT2D eigenvalue weighted by atomic mass is 32.1. The minimum absolute atomic E-state index is 0.0385. The molecule has 0 aromatic carbocycles.